The number of aryl methyl sites for hydroxylation is 1. The number of rotatable bonds is 2. The van der Waals surface area contributed by atoms with Gasteiger partial charge in [-0.05, 0) is 25.1 Å². The van der Waals surface area contributed by atoms with E-state index in [1.165, 1.54) is 0 Å². The first-order valence-electron chi connectivity index (χ1n) is 7.35. The van der Waals surface area contributed by atoms with E-state index in [1.54, 1.807) is 11.3 Å². The van der Waals surface area contributed by atoms with Gasteiger partial charge in [-0.25, -0.2) is 8.78 Å². The van der Waals surface area contributed by atoms with Crippen molar-refractivity contribution in [2.24, 2.45) is 0 Å². The lowest BCUT2D eigenvalue weighted by Gasteiger charge is -2.20. The van der Waals surface area contributed by atoms with Gasteiger partial charge in [-0.3, -0.25) is 4.40 Å². The first kappa shape index (κ1) is 14.5. The first-order valence-corrected chi connectivity index (χ1v) is 7.35. The maximum Gasteiger partial charge on any atom is 0.257 e. The van der Waals surface area contributed by atoms with Crippen LogP contribution in [-0.2, 0) is 0 Å². The molecule has 0 aliphatic rings. The second-order valence-electron chi connectivity index (χ2n) is 5.50. The van der Waals surface area contributed by atoms with Crippen molar-refractivity contribution in [3.63, 3.8) is 0 Å². The molecule has 0 unspecified atom stereocenters. The zero-order valence-corrected chi connectivity index (χ0v) is 13.0. The number of anilines is 2. The standard InChI is InChI=1S/C17H13F2N5/c1-10-21-22-17-20-16(23(2)11-6-4-3-5-7-11)12-8-13(18)14(19)9-15(12)24(10)17/h3-9H,1-2H3. The lowest BCUT2D eigenvalue weighted by atomic mass is 10.2. The highest BCUT2D eigenvalue weighted by Gasteiger charge is 2.18. The predicted octanol–water partition coefficient (Wildman–Crippen LogP) is 3.63. The number of hydrogen-bond donors (Lipinski definition) is 0. The molecule has 5 nitrogen and oxygen atoms in total. The molecular weight excluding hydrogens is 312 g/mol. The Kier molecular flexibility index (Phi) is 3.16. The van der Waals surface area contributed by atoms with Gasteiger partial charge >= 0.3 is 0 Å². The molecule has 0 amide bonds. The highest BCUT2D eigenvalue weighted by Crippen LogP contribution is 2.31. The SMILES string of the molecule is Cc1nnc2nc(N(C)c3ccccc3)c3cc(F)c(F)cc3n12. The topological polar surface area (TPSA) is 46.3 Å². The zero-order valence-electron chi connectivity index (χ0n) is 13.0. The predicted molar refractivity (Wildman–Crippen MR) is 87.4 cm³/mol. The number of aromatic nitrogens is 4. The van der Waals surface area contributed by atoms with Gasteiger partial charge in [0.2, 0.25) is 0 Å². The minimum atomic E-state index is -0.920. The summed E-state index contributed by atoms with van der Waals surface area (Å²) < 4.78 is 29.3. The van der Waals surface area contributed by atoms with Crippen molar-refractivity contribution < 1.29 is 8.78 Å². The van der Waals surface area contributed by atoms with Crippen LogP contribution in [0.3, 0.4) is 0 Å². The maximum atomic E-state index is 13.9. The lowest BCUT2D eigenvalue weighted by Crippen LogP contribution is -2.13. The molecule has 0 saturated heterocycles. The van der Waals surface area contributed by atoms with Crippen LogP contribution >= 0.6 is 0 Å². The summed E-state index contributed by atoms with van der Waals surface area (Å²) in [6.07, 6.45) is 0. The Labute approximate surface area is 136 Å². The van der Waals surface area contributed by atoms with Crippen molar-refractivity contribution in [3.8, 4) is 0 Å². The van der Waals surface area contributed by atoms with Crippen LogP contribution in [0.1, 0.15) is 5.82 Å². The molecule has 0 N–H and O–H groups in total. The molecule has 2 aromatic heterocycles. The van der Waals surface area contributed by atoms with Crippen LogP contribution < -0.4 is 4.90 Å². The minimum absolute atomic E-state index is 0.337. The van der Waals surface area contributed by atoms with Gasteiger partial charge in [0.05, 0.1) is 5.52 Å². The minimum Gasteiger partial charge on any atom is -0.329 e. The van der Waals surface area contributed by atoms with Crippen LogP contribution in [-0.4, -0.2) is 26.6 Å². The number of hydrogen-bond acceptors (Lipinski definition) is 4. The molecule has 0 atom stereocenters. The first-order chi connectivity index (χ1) is 11.6. The summed E-state index contributed by atoms with van der Waals surface area (Å²) >= 11 is 0. The third kappa shape index (κ3) is 2.09. The summed E-state index contributed by atoms with van der Waals surface area (Å²) in [6.45, 7) is 1.74. The van der Waals surface area contributed by atoms with Gasteiger partial charge in [0.1, 0.15) is 11.6 Å². The van der Waals surface area contributed by atoms with Crippen LogP contribution in [0, 0.1) is 18.6 Å². The summed E-state index contributed by atoms with van der Waals surface area (Å²) in [4.78, 5) is 6.31. The molecule has 7 heteroatoms. The van der Waals surface area contributed by atoms with Gasteiger partial charge in [-0.15, -0.1) is 10.2 Å². The Morgan fingerprint density at radius 2 is 1.71 bits per heavy atom. The fourth-order valence-electron chi connectivity index (χ4n) is 2.79. The van der Waals surface area contributed by atoms with E-state index in [0.717, 1.165) is 17.8 Å². The Balaban J connectivity index is 2.09. The highest BCUT2D eigenvalue weighted by molar-refractivity contribution is 5.93. The molecule has 120 valence electrons. The van der Waals surface area contributed by atoms with Crippen LogP contribution in [0.15, 0.2) is 42.5 Å². The van der Waals surface area contributed by atoms with Gasteiger partial charge in [-0.2, -0.15) is 4.98 Å². The van der Waals surface area contributed by atoms with Crippen molar-refractivity contribution in [3.05, 3.63) is 59.9 Å². The van der Waals surface area contributed by atoms with Crippen LogP contribution in [0.25, 0.3) is 16.7 Å². The molecule has 24 heavy (non-hydrogen) atoms. The maximum absolute atomic E-state index is 13.9. The van der Waals surface area contributed by atoms with Gasteiger partial charge < -0.3 is 4.90 Å². The zero-order chi connectivity index (χ0) is 16.8. The van der Waals surface area contributed by atoms with Crippen LogP contribution in [0.2, 0.25) is 0 Å². The molecule has 0 aliphatic carbocycles. The van der Waals surface area contributed by atoms with Crippen LogP contribution in [0.5, 0.6) is 0 Å². The van der Waals surface area contributed by atoms with E-state index in [0.29, 0.717) is 28.3 Å². The molecule has 2 aromatic carbocycles. The third-order valence-corrected chi connectivity index (χ3v) is 4.00. The Bertz CT molecular complexity index is 1060. The molecule has 0 fully saturated rings. The fraction of sp³-hybridized carbons (Fsp3) is 0.118. The van der Waals surface area contributed by atoms with E-state index in [1.807, 2.05) is 42.3 Å². The number of halogens is 2. The molecule has 0 bridgehead atoms. The van der Waals surface area contributed by atoms with E-state index >= 15 is 0 Å². The summed E-state index contributed by atoms with van der Waals surface area (Å²) in [5, 5.41) is 8.49. The number of nitrogens with zero attached hydrogens (tertiary/aromatic N) is 5. The number of fused-ring (bicyclic) bond motifs is 3. The molecule has 0 radical (unpaired) electrons. The summed E-state index contributed by atoms with van der Waals surface area (Å²) in [6, 6.07) is 11.8. The Hall–Kier alpha value is -3.09. The van der Waals surface area contributed by atoms with Gasteiger partial charge in [0, 0.05) is 24.2 Å². The molecule has 0 saturated carbocycles. The summed E-state index contributed by atoms with van der Waals surface area (Å²) in [5.74, 6) is -0.463. The van der Waals surface area contributed by atoms with Crippen molar-refractivity contribution >= 4 is 28.2 Å². The Morgan fingerprint density at radius 1 is 1.00 bits per heavy atom. The van der Waals surface area contributed by atoms with Gasteiger partial charge in [-0.1, -0.05) is 18.2 Å². The molecular formula is C17H13F2N5. The number of para-hydroxylation sites is 1. The molecule has 2 heterocycles. The third-order valence-electron chi connectivity index (χ3n) is 4.00. The molecule has 4 aromatic rings. The van der Waals surface area contributed by atoms with E-state index in [9.17, 15) is 8.78 Å². The van der Waals surface area contributed by atoms with Gasteiger partial charge in [0.15, 0.2) is 11.6 Å². The highest BCUT2D eigenvalue weighted by atomic mass is 19.2. The van der Waals surface area contributed by atoms with Crippen molar-refractivity contribution in [2.45, 2.75) is 6.92 Å². The number of benzene rings is 2. The van der Waals surface area contributed by atoms with E-state index in [-0.39, 0.29) is 0 Å². The fourth-order valence-corrected chi connectivity index (χ4v) is 2.79. The van der Waals surface area contributed by atoms with Crippen LogP contribution in [0.4, 0.5) is 20.3 Å². The monoisotopic (exact) mass is 325 g/mol. The Morgan fingerprint density at radius 3 is 2.46 bits per heavy atom. The lowest BCUT2D eigenvalue weighted by molar-refractivity contribution is 0.510. The summed E-state index contributed by atoms with van der Waals surface area (Å²) in [5.41, 5.74) is 1.34. The van der Waals surface area contributed by atoms with E-state index in [4.69, 9.17) is 0 Å². The van der Waals surface area contributed by atoms with Crippen molar-refractivity contribution in [2.75, 3.05) is 11.9 Å². The van der Waals surface area contributed by atoms with Gasteiger partial charge in [0.25, 0.3) is 5.78 Å². The largest absolute Gasteiger partial charge is 0.329 e. The van der Waals surface area contributed by atoms with Crippen molar-refractivity contribution in [1.29, 1.82) is 0 Å². The molecule has 0 aliphatic heterocycles. The van der Waals surface area contributed by atoms with E-state index < -0.39 is 11.6 Å². The quantitative estimate of drug-likeness (QED) is 0.564. The second kappa shape index (κ2) is 5.23. The smallest absolute Gasteiger partial charge is 0.257 e. The summed E-state index contributed by atoms with van der Waals surface area (Å²) in [7, 11) is 1.82. The average Bonchev–Trinajstić information content (AvgIpc) is 2.97. The molecule has 4 rings (SSSR count). The second-order valence-corrected chi connectivity index (χ2v) is 5.50. The van der Waals surface area contributed by atoms with E-state index in [2.05, 4.69) is 15.2 Å². The average molecular weight is 325 g/mol. The normalized spacial score (nSPS) is 11.3. The molecule has 0 spiro atoms. The van der Waals surface area contributed by atoms with Crippen molar-refractivity contribution in [1.82, 2.24) is 19.6 Å².